The van der Waals surface area contributed by atoms with Crippen LogP contribution in [-0.4, -0.2) is 11.8 Å². The molecule has 3 aromatic rings. The summed E-state index contributed by atoms with van der Waals surface area (Å²) < 4.78 is 5.27. The Morgan fingerprint density at radius 1 is 0.963 bits per heavy atom. The van der Waals surface area contributed by atoms with Crippen LogP contribution >= 0.6 is 0 Å². The van der Waals surface area contributed by atoms with Gasteiger partial charge in [-0.1, -0.05) is 37.3 Å². The third-order valence-electron chi connectivity index (χ3n) is 3.98. The highest BCUT2D eigenvalue weighted by atomic mass is 16.3. The van der Waals surface area contributed by atoms with Gasteiger partial charge in [0.15, 0.2) is 0 Å². The lowest BCUT2D eigenvalue weighted by Gasteiger charge is -2.11. The second-order valence-corrected chi connectivity index (χ2v) is 5.90. The second kappa shape index (κ2) is 8.67. The van der Waals surface area contributed by atoms with Gasteiger partial charge in [-0.05, 0) is 48.4 Å². The first-order chi connectivity index (χ1) is 13.2. The van der Waals surface area contributed by atoms with Crippen molar-refractivity contribution >= 4 is 23.6 Å². The Morgan fingerprint density at radius 3 is 2.33 bits per heavy atom. The van der Waals surface area contributed by atoms with Crippen LogP contribution in [0.5, 0.6) is 0 Å². The van der Waals surface area contributed by atoms with Crippen LogP contribution in [0.15, 0.2) is 83.1 Å². The summed E-state index contributed by atoms with van der Waals surface area (Å²) in [6, 6.07) is 19.7. The molecule has 0 spiro atoms. The second-order valence-electron chi connectivity index (χ2n) is 5.90. The average molecular weight is 360 g/mol. The topological polar surface area (TPSA) is 71.3 Å². The van der Waals surface area contributed by atoms with Crippen LogP contribution in [-0.2, 0) is 11.2 Å². The van der Waals surface area contributed by atoms with Gasteiger partial charge in [-0.3, -0.25) is 9.59 Å². The van der Waals surface area contributed by atoms with E-state index in [2.05, 4.69) is 17.6 Å². The van der Waals surface area contributed by atoms with Crippen LogP contribution in [0.25, 0.3) is 6.08 Å². The summed E-state index contributed by atoms with van der Waals surface area (Å²) in [5, 5.41) is 5.46. The van der Waals surface area contributed by atoms with E-state index in [0.717, 1.165) is 6.42 Å². The van der Waals surface area contributed by atoms with Crippen LogP contribution < -0.4 is 10.6 Å². The highest BCUT2D eigenvalue weighted by molar-refractivity contribution is 6.10. The zero-order valence-electron chi connectivity index (χ0n) is 14.9. The van der Waals surface area contributed by atoms with Gasteiger partial charge in [0.25, 0.3) is 11.8 Å². The van der Waals surface area contributed by atoms with Crippen LogP contribution in [0.4, 0.5) is 5.69 Å². The summed E-state index contributed by atoms with van der Waals surface area (Å²) in [4.78, 5) is 25.2. The maximum absolute atomic E-state index is 12.7. The summed E-state index contributed by atoms with van der Waals surface area (Å²) in [5.41, 5.74) is 2.38. The first kappa shape index (κ1) is 18.2. The molecule has 0 saturated heterocycles. The SMILES string of the molecule is CCc1ccc(NC(=O)C(=Cc2ccco2)NC(=O)c2ccccc2)cc1. The average Bonchev–Trinajstić information content (AvgIpc) is 3.22. The third kappa shape index (κ3) is 4.95. The van der Waals surface area contributed by atoms with Gasteiger partial charge in [0.1, 0.15) is 11.5 Å². The number of carbonyl (C=O) groups excluding carboxylic acids is 2. The fourth-order valence-corrected chi connectivity index (χ4v) is 2.48. The number of carbonyl (C=O) groups is 2. The fourth-order valence-electron chi connectivity index (χ4n) is 2.48. The van der Waals surface area contributed by atoms with Crippen molar-refractivity contribution in [2.24, 2.45) is 0 Å². The molecule has 27 heavy (non-hydrogen) atoms. The van der Waals surface area contributed by atoms with Crippen LogP contribution in [0.2, 0.25) is 0 Å². The normalized spacial score (nSPS) is 11.1. The van der Waals surface area contributed by atoms with Crippen molar-refractivity contribution in [2.45, 2.75) is 13.3 Å². The maximum Gasteiger partial charge on any atom is 0.272 e. The minimum absolute atomic E-state index is 0.0957. The molecule has 2 aromatic carbocycles. The van der Waals surface area contributed by atoms with E-state index < -0.39 is 5.91 Å². The number of furan rings is 1. The Labute approximate surface area is 157 Å². The molecule has 0 bridgehead atoms. The van der Waals surface area contributed by atoms with E-state index >= 15 is 0 Å². The zero-order valence-corrected chi connectivity index (χ0v) is 14.9. The number of aryl methyl sites for hydroxylation is 1. The van der Waals surface area contributed by atoms with Gasteiger partial charge < -0.3 is 15.1 Å². The molecule has 5 nitrogen and oxygen atoms in total. The molecule has 0 fully saturated rings. The molecule has 136 valence electrons. The smallest absolute Gasteiger partial charge is 0.272 e. The summed E-state index contributed by atoms with van der Waals surface area (Å²) in [6.45, 7) is 2.07. The van der Waals surface area contributed by atoms with Gasteiger partial charge in [-0.15, -0.1) is 0 Å². The Hall–Kier alpha value is -3.60. The molecule has 5 heteroatoms. The van der Waals surface area contributed by atoms with Crippen molar-refractivity contribution in [1.82, 2.24) is 5.32 Å². The summed E-state index contributed by atoms with van der Waals surface area (Å²) >= 11 is 0. The molecule has 0 aliphatic carbocycles. The van der Waals surface area contributed by atoms with Gasteiger partial charge in [0.05, 0.1) is 6.26 Å². The van der Waals surface area contributed by atoms with Crippen molar-refractivity contribution in [3.05, 3.63) is 95.6 Å². The predicted octanol–water partition coefficient (Wildman–Crippen LogP) is 4.25. The molecule has 1 heterocycles. The van der Waals surface area contributed by atoms with Gasteiger partial charge in [-0.25, -0.2) is 0 Å². The highest BCUT2D eigenvalue weighted by Crippen LogP contribution is 2.13. The summed E-state index contributed by atoms with van der Waals surface area (Å²) in [5.74, 6) is -0.334. The first-order valence-electron chi connectivity index (χ1n) is 8.67. The van der Waals surface area contributed by atoms with Crippen LogP contribution in [0.3, 0.4) is 0 Å². The van der Waals surface area contributed by atoms with E-state index in [1.54, 1.807) is 36.4 Å². The molecule has 0 saturated carbocycles. The molecular formula is C22H20N2O3. The maximum atomic E-state index is 12.7. The Kier molecular flexibility index (Phi) is 5.84. The lowest BCUT2D eigenvalue weighted by Crippen LogP contribution is -2.30. The Morgan fingerprint density at radius 2 is 1.70 bits per heavy atom. The van der Waals surface area contributed by atoms with Gasteiger partial charge in [0, 0.05) is 17.3 Å². The van der Waals surface area contributed by atoms with E-state index in [0.29, 0.717) is 17.0 Å². The number of nitrogens with one attached hydrogen (secondary N) is 2. The summed E-state index contributed by atoms with van der Waals surface area (Å²) in [7, 11) is 0. The molecule has 0 radical (unpaired) electrons. The van der Waals surface area contributed by atoms with Gasteiger partial charge in [0.2, 0.25) is 0 Å². The minimum Gasteiger partial charge on any atom is -0.465 e. The number of hydrogen-bond donors (Lipinski definition) is 2. The van der Waals surface area contributed by atoms with E-state index in [4.69, 9.17) is 4.42 Å². The molecule has 2 N–H and O–H groups in total. The number of rotatable bonds is 6. The number of amides is 2. The number of anilines is 1. The molecule has 2 amide bonds. The van der Waals surface area contributed by atoms with E-state index in [9.17, 15) is 9.59 Å². The van der Waals surface area contributed by atoms with E-state index in [1.165, 1.54) is 17.9 Å². The van der Waals surface area contributed by atoms with Crippen molar-refractivity contribution in [3.63, 3.8) is 0 Å². The Bertz CT molecular complexity index is 927. The number of benzene rings is 2. The quantitative estimate of drug-likeness (QED) is 0.646. The number of hydrogen-bond acceptors (Lipinski definition) is 3. The predicted molar refractivity (Wildman–Crippen MR) is 105 cm³/mol. The summed E-state index contributed by atoms with van der Waals surface area (Å²) in [6.07, 6.45) is 3.92. The van der Waals surface area contributed by atoms with Crippen LogP contribution in [0, 0.1) is 0 Å². The van der Waals surface area contributed by atoms with Crippen molar-refractivity contribution in [1.29, 1.82) is 0 Å². The minimum atomic E-state index is -0.431. The Balaban J connectivity index is 1.80. The molecular weight excluding hydrogens is 340 g/mol. The monoisotopic (exact) mass is 360 g/mol. The standard InChI is InChI=1S/C22H20N2O3/c1-2-16-10-12-18(13-11-16)23-22(26)20(15-19-9-6-14-27-19)24-21(25)17-7-4-3-5-8-17/h3-15H,2H2,1H3,(H,23,26)(H,24,25). The van der Waals surface area contributed by atoms with Gasteiger partial charge >= 0.3 is 0 Å². The van der Waals surface area contributed by atoms with Crippen molar-refractivity contribution < 1.29 is 14.0 Å². The third-order valence-corrected chi connectivity index (χ3v) is 3.98. The molecule has 3 rings (SSSR count). The van der Waals surface area contributed by atoms with Crippen LogP contribution in [0.1, 0.15) is 28.6 Å². The lowest BCUT2D eigenvalue weighted by atomic mass is 10.1. The lowest BCUT2D eigenvalue weighted by molar-refractivity contribution is -0.113. The molecule has 0 aliphatic heterocycles. The largest absolute Gasteiger partial charge is 0.465 e. The molecule has 0 atom stereocenters. The first-order valence-corrected chi connectivity index (χ1v) is 8.67. The highest BCUT2D eigenvalue weighted by Gasteiger charge is 2.15. The van der Waals surface area contributed by atoms with Crippen molar-refractivity contribution in [2.75, 3.05) is 5.32 Å². The molecule has 1 aromatic heterocycles. The molecule has 0 aliphatic rings. The van der Waals surface area contributed by atoms with Crippen molar-refractivity contribution in [3.8, 4) is 0 Å². The van der Waals surface area contributed by atoms with E-state index in [-0.39, 0.29) is 11.6 Å². The zero-order chi connectivity index (χ0) is 19.1. The van der Waals surface area contributed by atoms with Gasteiger partial charge in [-0.2, -0.15) is 0 Å². The van der Waals surface area contributed by atoms with E-state index in [1.807, 2.05) is 30.3 Å². The fraction of sp³-hybridized carbons (Fsp3) is 0.0909. The molecule has 0 unspecified atom stereocenters.